The van der Waals surface area contributed by atoms with E-state index in [9.17, 15) is 5.11 Å². The van der Waals surface area contributed by atoms with E-state index in [1.807, 2.05) is 6.92 Å². The van der Waals surface area contributed by atoms with E-state index < -0.39 is 5.60 Å². The molecular weight excluding hydrogens is 148 g/mol. The Morgan fingerprint density at radius 2 is 2.17 bits per heavy atom. The molecule has 2 atom stereocenters. The third-order valence-corrected chi connectivity index (χ3v) is 3.11. The third-order valence-electron chi connectivity index (χ3n) is 3.11. The Labute approximate surface area is 75.5 Å². The second-order valence-corrected chi connectivity index (χ2v) is 4.54. The summed E-state index contributed by atoms with van der Waals surface area (Å²) in [5, 5.41) is 9.90. The Hall–Kier alpha value is -0.300. The Morgan fingerprint density at radius 3 is 2.58 bits per heavy atom. The lowest BCUT2D eigenvalue weighted by atomic mass is 9.77. The Kier molecular flexibility index (Phi) is 2.62. The molecule has 0 fully saturated rings. The van der Waals surface area contributed by atoms with Crippen molar-refractivity contribution >= 4 is 0 Å². The number of hydrogen-bond donors (Lipinski definition) is 1. The van der Waals surface area contributed by atoms with Gasteiger partial charge in [0, 0.05) is 5.92 Å². The van der Waals surface area contributed by atoms with Gasteiger partial charge >= 0.3 is 0 Å². The van der Waals surface area contributed by atoms with Gasteiger partial charge in [0.2, 0.25) is 0 Å². The number of allylic oxidation sites excluding steroid dienone is 1. The van der Waals surface area contributed by atoms with Crippen LogP contribution in [0.5, 0.6) is 0 Å². The number of aliphatic hydroxyl groups is 1. The Bertz CT molecular complexity index is 189. The fourth-order valence-corrected chi connectivity index (χ4v) is 1.69. The molecule has 1 N–H and O–H groups in total. The maximum absolute atomic E-state index is 9.90. The van der Waals surface area contributed by atoms with Crippen LogP contribution < -0.4 is 0 Å². The lowest BCUT2D eigenvalue weighted by molar-refractivity contribution is 0.00973. The average molecular weight is 168 g/mol. The van der Waals surface area contributed by atoms with Gasteiger partial charge in [0.25, 0.3) is 0 Å². The third kappa shape index (κ3) is 1.89. The molecule has 0 saturated carbocycles. The molecule has 12 heavy (non-hydrogen) atoms. The highest BCUT2D eigenvalue weighted by atomic mass is 16.3. The van der Waals surface area contributed by atoms with E-state index in [4.69, 9.17) is 0 Å². The molecule has 1 rings (SSSR count). The molecule has 1 nitrogen and oxygen atoms in total. The first kappa shape index (κ1) is 9.79. The minimum absolute atomic E-state index is 0.309. The maximum atomic E-state index is 9.90. The minimum atomic E-state index is -0.474. The molecule has 0 aromatic heterocycles. The Morgan fingerprint density at radius 1 is 1.58 bits per heavy atom. The minimum Gasteiger partial charge on any atom is -0.390 e. The van der Waals surface area contributed by atoms with Crippen LogP contribution in [0.15, 0.2) is 11.6 Å². The second kappa shape index (κ2) is 3.21. The van der Waals surface area contributed by atoms with Crippen LogP contribution in [-0.2, 0) is 0 Å². The van der Waals surface area contributed by atoms with E-state index in [2.05, 4.69) is 26.8 Å². The predicted molar refractivity (Wildman–Crippen MR) is 51.9 cm³/mol. The van der Waals surface area contributed by atoms with Crippen molar-refractivity contribution in [3.63, 3.8) is 0 Å². The highest BCUT2D eigenvalue weighted by Gasteiger charge is 2.30. The van der Waals surface area contributed by atoms with Crippen LogP contribution in [-0.4, -0.2) is 10.7 Å². The van der Waals surface area contributed by atoms with Gasteiger partial charge in [-0.3, -0.25) is 0 Å². The predicted octanol–water partition coefficient (Wildman–Crippen LogP) is 2.75. The first-order valence-corrected chi connectivity index (χ1v) is 4.86. The molecule has 0 saturated heterocycles. The molecule has 0 radical (unpaired) electrons. The molecular formula is C11H20O. The fourth-order valence-electron chi connectivity index (χ4n) is 1.69. The van der Waals surface area contributed by atoms with Gasteiger partial charge in [-0.15, -0.1) is 0 Å². The van der Waals surface area contributed by atoms with Gasteiger partial charge in [-0.2, -0.15) is 0 Å². The van der Waals surface area contributed by atoms with Gasteiger partial charge in [-0.1, -0.05) is 32.4 Å². The summed E-state index contributed by atoms with van der Waals surface area (Å²) in [5.41, 5.74) is 1.03. The molecule has 0 aromatic rings. The van der Waals surface area contributed by atoms with Crippen LogP contribution in [0, 0.1) is 11.8 Å². The SMILES string of the molecule is CC(C)C1=CC(C)[C@@](C)(O)CC1. The normalized spacial score (nSPS) is 36.8. The van der Waals surface area contributed by atoms with Gasteiger partial charge < -0.3 is 5.11 Å². The van der Waals surface area contributed by atoms with Gasteiger partial charge in [-0.25, -0.2) is 0 Å². The summed E-state index contributed by atoms with van der Waals surface area (Å²) in [4.78, 5) is 0. The van der Waals surface area contributed by atoms with Crippen LogP contribution in [0.25, 0.3) is 0 Å². The van der Waals surface area contributed by atoms with Gasteiger partial charge in [0.1, 0.15) is 0 Å². The molecule has 0 aliphatic heterocycles. The molecule has 1 heteroatoms. The summed E-state index contributed by atoms with van der Waals surface area (Å²) in [6, 6.07) is 0. The first-order valence-electron chi connectivity index (χ1n) is 4.86. The van der Waals surface area contributed by atoms with E-state index in [1.54, 1.807) is 0 Å². The zero-order valence-corrected chi connectivity index (χ0v) is 8.59. The van der Waals surface area contributed by atoms with Gasteiger partial charge in [0.05, 0.1) is 5.60 Å². The quantitative estimate of drug-likeness (QED) is 0.597. The monoisotopic (exact) mass is 168 g/mol. The van der Waals surface area contributed by atoms with Gasteiger partial charge in [0.15, 0.2) is 0 Å². The molecule has 0 aromatic carbocycles. The zero-order valence-electron chi connectivity index (χ0n) is 8.59. The lowest BCUT2D eigenvalue weighted by Crippen LogP contribution is -2.34. The van der Waals surface area contributed by atoms with Crippen molar-refractivity contribution in [3.8, 4) is 0 Å². The molecule has 0 spiro atoms. The second-order valence-electron chi connectivity index (χ2n) is 4.54. The van der Waals surface area contributed by atoms with Crippen molar-refractivity contribution in [1.82, 2.24) is 0 Å². The highest BCUT2D eigenvalue weighted by molar-refractivity contribution is 5.14. The first-order chi connectivity index (χ1) is 5.43. The zero-order chi connectivity index (χ0) is 9.35. The summed E-state index contributed by atoms with van der Waals surface area (Å²) >= 11 is 0. The van der Waals surface area contributed by atoms with Crippen molar-refractivity contribution in [1.29, 1.82) is 0 Å². The molecule has 1 unspecified atom stereocenters. The van der Waals surface area contributed by atoms with Crippen molar-refractivity contribution < 1.29 is 5.11 Å². The number of hydrogen-bond acceptors (Lipinski definition) is 1. The van der Waals surface area contributed by atoms with Crippen molar-refractivity contribution in [2.24, 2.45) is 11.8 Å². The summed E-state index contributed by atoms with van der Waals surface area (Å²) in [7, 11) is 0. The molecule has 70 valence electrons. The van der Waals surface area contributed by atoms with Gasteiger partial charge in [-0.05, 0) is 25.7 Å². The van der Waals surface area contributed by atoms with E-state index in [0.29, 0.717) is 11.8 Å². The molecule has 1 aliphatic rings. The average Bonchev–Trinajstić information content (AvgIpc) is 1.94. The number of rotatable bonds is 1. The molecule has 0 heterocycles. The summed E-state index contributed by atoms with van der Waals surface area (Å²) in [6.07, 6.45) is 4.22. The van der Waals surface area contributed by atoms with Crippen LogP contribution in [0.3, 0.4) is 0 Å². The largest absolute Gasteiger partial charge is 0.390 e. The Balaban J connectivity index is 2.75. The highest BCUT2D eigenvalue weighted by Crippen LogP contribution is 2.34. The molecule has 1 aliphatic carbocycles. The standard InChI is InChI=1S/C11H20O/c1-8(2)10-5-6-11(4,12)9(3)7-10/h7-9,12H,5-6H2,1-4H3/t9?,11-/m0/s1. The summed E-state index contributed by atoms with van der Waals surface area (Å²) in [5.74, 6) is 0.951. The van der Waals surface area contributed by atoms with E-state index in [0.717, 1.165) is 12.8 Å². The molecule has 0 bridgehead atoms. The van der Waals surface area contributed by atoms with Crippen LogP contribution in [0.1, 0.15) is 40.5 Å². The smallest absolute Gasteiger partial charge is 0.0682 e. The molecule has 0 amide bonds. The van der Waals surface area contributed by atoms with E-state index in [-0.39, 0.29) is 0 Å². The summed E-state index contributed by atoms with van der Waals surface area (Å²) < 4.78 is 0. The van der Waals surface area contributed by atoms with Crippen LogP contribution in [0.4, 0.5) is 0 Å². The van der Waals surface area contributed by atoms with Crippen molar-refractivity contribution in [2.45, 2.75) is 46.1 Å². The van der Waals surface area contributed by atoms with Crippen molar-refractivity contribution in [3.05, 3.63) is 11.6 Å². The summed E-state index contributed by atoms with van der Waals surface area (Å²) in [6.45, 7) is 8.48. The maximum Gasteiger partial charge on any atom is 0.0682 e. The van der Waals surface area contributed by atoms with E-state index in [1.165, 1.54) is 5.57 Å². The topological polar surface area (TPSA) is 20.2 Å². The van der Waals surface area contributed by atoms with Crippen LogP contribution in [0.2, 0.25) is 0 Å². The van der Waals surface area contributed by atoms with Crippen LogP contribution >= 0.6 is 0 Å². The van der Waals surface area contributed by atoms with E-state index >= 15 is 0 Å². The fraction of sp³-hybridized carbons (Fsp3) is 0.818. The van der Waals surface area contributed by atoms with Crippen molar-refractivity contribution in [2.75, 3.05) is 0 Å². The lowest BCUT2D eigenvalue weighted by Gasteiger charge is -2.34.